The Labute approximate surface area is 142 Å². The molecule has 1 aromatic carbocycles. The normalized spacial score (nSPS) is 10.4. The molecule has 0 unspecified atom stereocenters. The number of anilines is 1. The van der Waals surface area contributed by atoms with Gasteiger partial charge >= 0.3 is 0 Å². The molecule has 0 aliphatic carbocycles. The summed E-state index contributed by atoms with van der Waals surface area (Å²) in [6, 6.07) is 4.91. The van der Waals surface area contributed by atoms with E-state index in [1.165, 1.54) is 11.8 Å². The molecular formula is C16H22Cl2N2O2. The fourth-order valence-corrected chi connectivity index (χ4v) is 2.47. The maximum Gasteiger partial charge on any atom is 0.242 e. The van der Waals surface area contributed by atoms with Crippen molar-refractivity contribution in [3.8, 4) is 0 Å². The van der Waals surface area contributed by atoms with Crippen molar-refractivity contribution in [3.63, 3.8) is 0 Å². The Morgan fingerprint density at radius 1 is 1.05 bits per heavy atom. The third-order valence-electron chi connectivity index (χ3n) is 3.23. The molecule has 0 heterocycles. The third kappa shape index (κ3) is 5.18. The van der Waals surface area contributed by atoms with Crippen LogP contribution in [0.1, 0.15) is 33.6 Å². The van der Waals surface area contributed by atoms with Crippen molar-refractivity contribution in [2.24, 2.45) is 0 Å². The van der Waals surface area contributed by atoms with Crippen molar-refractivity contribution in [2.45, 2.75) is 33.6 Å². The maximum absolute atomic E-state index is 12.4. The molecule has 0 aromatic heterocycles. The van der Waals surface area contributed by atoms with Gasteiger partial charge in [-0.2, -0.15) is 0 Å². The van der Waals surface area contributed by atoms with Crippen LogP contribution in [-0.4, -0.2) is 36.3 Å². The van der Waals surface area contributed by atoms with Gasteiger partial charge in [-0.1, -0.05) is 37.0 Å². The molecule has 0 radical (unpaired) electrons. The first-order chi connectivity index (χ1) is 10.4. The predicted octanol–water partition coefficient (Wildman–Crippen LogP) is 3.99. The molecule has 0 atom stereocenters. The van der Waals surface area contributed by atoms with Crippen molar-refractivity contribution >= 4 is 40.7 Å². The molecular weight excluding hydrogens is 323 g/mol. The summed E-state index contributed by atoms with van der Waals surface area (Å²) in [6.45, 7) is 6.88. The molecule has 0 saturated heterocycles. The van der Waals surface area contributed by atoms with Crippen molar-refractivity contribution in [3.05, 3.63) is 28.2 Å². The van der Waals surface area contributed by atoms with Gasteiger partial charge in [-0.3, -0.25) is 9.59 Å². The van der Waals surface area contributed by atoms with Gasteiger partial charge in [0, 0.05) is 25.7 Å². The molecule has 0 saturated carbocycles. The molecule has 0 N–H and O–H groups in total. The number of hydrogen-bond acceptors (Lipinski definition) is 2. The molecule has 1 aromatic rings. The lowest BCUT2D eigenvalue weighted by molar-refractivity contribution is -0.131. The van der Waals surface area contributed by atoms with Crippen LogP contribution >= 0.6 is 23.2 Å². The van der Waals surface area contributed by atoms with E-state index in [2.05, 4.69) is 0 Å². The Morgan fingerprint density at radius 3 is 2.09 bits per heavy atom. The topological polar surface area (TPSA) is 40.6 Å². The van der Waals surface area contributed by atoms with E-state index < -0.39 is 0 Å². The molecule has 0 fully saturated rings. The fraction of sp³-hybridized carbons (Fsp3) is 0.500. The summed E-state index contributed by atoms with van der Waals surface area (Å²) in [7, 11) is 0. The maximum atomic E-state index is 12.4. The van der Waals surface area contributed by atoms with Crippen molar-refractivity contribution in [2.75, 3.05) is 24.5 Å². The number of carbonyl (C=O) groups excluding carboxylic acids is 2. The standard InChI is InChI=1S/C16H22Cl2N2O2/c1-4-8-19(9-5-2)16(22)11-20(12(3)21)13-6-7-14(17)15(18)10-13/h6-7,10H,4-5,8-9,11H2,1-3H3. The second kappa shape index (κ2) is 9.01. The lowest BCUT2D eigenvalue weighted by atomic mass is 10.2. The second-order valence-electron chi connectivity index (χ2n) is 5.08. The van der Waals surface area contributed by atoms with Crippen LogP contribution in [0.3, 0.4) is 0 Å². The first-order valence-corrected chi connectivity index (χ1v) is 8.17. The van der Waals surface area contributed by atoms with Crippen LogP contribution in [0.2, 0.25) is 10.0 Å². The largest absolute Gasteiger partial charge is 0.341 e. The molecule has 1 rings (SSSR count). The van der Waals surface area contributed by atoms with Crippen molar-refractivity contribution in [1.82, 2.24) is 4.90 Å². The first-order valence-electron chi connectivity index (χ1n) is 7.41. The average molecular weight is 345 g/mol. The Hall–Kier alpha value is -1.26. The highest BCUT2D eigenvalue weighted by Gasteiger charge is 2.20. The van der Waals surface area contributed by atoms with E-state index in [-0.39, 0.29) is 18.4 Å². The quantitative estimate of drug-likeness (QED) is 0.750. The van der Waals surface area contributed by atoms with Gasteiger partial charge in [0.2, 0.25) is 11.8 Å². The van der Waals surface area contributed by atoms with Crippen molar-refractivity contribution in [1.29, 1.82) is 0 Å². The number of nitrogens with zero attached hydrogens (tertiary/aromatic N) is 2. The predicted molar refractivity (Wildman–Crippen MR) is 91.7 cm³/mol. The van der Waals surface area contributed by atoms with Gasteiger partial charge in [0.15, 0.2) is 0 Å². The smallest absolute Gasteiger partial charge is 0.242 e. The summed E-state index contributed by atoms with van der Waals surface area (Å²) in [5.41, 5.74) is 0.572. The zero-order valence-corrected chi connectivity index (χ0v) is 14.7. The first kappa shape index (κ1) is 18.8. The second-order valence-corrected chi connectivity index (χ2v) is 5.90. The minimum Gasteiger partial charge on any atom is -0.341 e. The van der Waals surface area contributed by atoms with Crippen LogP contribution in [0.4, 0.5) is 5.69 Å². The van der Waals surface area contributed by atoms with Gasteiger partial charge in [0.25, 0.3) is 0 Å². The lowest BCUT2D eigenvalue weighted by Crippen LogP contribution is -2.43. The number of hydrogen-bond donors (Lipinski definition) is 0. The Balaban J connectivity index is 2.93. The average Bonchev–Trinajstić information content (AvgIpc) is 2.47. The molecule has 22 heavy (non-hydrogen) atoms. The van der Waals surface area contributed by atoms with E-state index in [4.69, 9.17) is 23.2 Å². The molecule has 0 spiro atoms. The molecule has 4 nitrogen and oxygen atoms in total. The van der Waals surface area contributed by atoms with Crippen LogP contribution in [-0.2, 0) is 9.59 Å². The monoisotopic (exact) mass is 344 g/mol. The van der Waals surface area contributed by atoms with Gasteiger partial charge in [-0.05, 0) is 31.0 Å². The zero-order chi connectivity index (χ0) is 16.7. The molecule has 0 aliphatic heterocycles. The van der Waals surface area contributed by atoms with E-state index >= 15 is 0 Å². The van der Waals surface area contributed by atoms with Crippen molar-refractivity contribution < 1.29 is 9.59 Å². The van der Waals surface area contributed by atoms with Crippen LogP contribution in [0, 0.1) is 0 Å². The summed E-state index contributed by atoms with van der Waals surface area (Å²) in [6.07, 6.45) is 1.77. The highest BCUT2D eigenvalue weighted by Crippen LogP contribution is 2.27. The summed E-state index contributed by atoms with van der Waals surface area (Å²) < 4.78 is 0. The SMILES string of the molecule is CCCN(CCC)C(=O)CN(C(C)=O)c1ccc(Cl)c(Cl)c1. The Bertz CT molecular complexity index is 529. The van der Waals surface area contributed by atoms with E-state index in [1.807, 2.05) is 13.8 Å². The van der Waals surface area contributed by atoms with E-state index in [1.54, 1.807) is 23.1 Å². The summed E-state index contributed by atoms with van der Waals surface area (Å²) >= 11 is 11.9. The number of rotatable bonds is 7. The Kier molecular flexibility index (Phi) is 7.69. The fourth-order valence-electron chi connectivity index (χ4n) is 2.17. The number of halogens is 2. The number of carbonyl (C=O) groups is 2. The van der Waals surface area contributed by atoms with E-state index in [0.717, 1.165) is 12.8 Å². The van der Waals surface area contributed by atoms with Gasteiger partial charge in [-0.25, -0.2) is 0 Å². The van der Waals surface area contributed by atoms with Crippen LogP contribution in [0.15, 0.2) is 18.2 Å². The molecule has 0 bridgehead atoms. The summed E-state index contributed by atoms with van der Waals surface area (Å²) in [4.78, 5) is 27.5. The summed E-state index contributed by atoms with van der Waals surface area (Å²) in [5.74, 6) is -0.273. The number of amides is 2. The molecule has 6 heteroatoms. The molecule has 122 valence electrons. The molecule has 2 amide bonds. The number of benzene rings is 1. The van der Waals surface area contributed by atoms with E-state index in [9.17, 15) is 9.59 Å². The van der Waals surface area contributed by atoms with Crippen LogP contribution in [0.25, 0.3) is 0 Å². The van der Waals surface area contributed by atoms with Crippen LogP contribution < -0.4 is 4.90 Å². The van der Waals surface area contributed by atoms with Crippen LogP contribution in [0.5, 0.6) is 0 Å². The van der Waals surface area contributed by atoms with E-state index in [0.29, 0.717) is 28.8 Å². The highest BCUT2D eigenvalue weighted by atomic mass is 35.5. The highest BCUT2D eigenvalue weighted by molar-refractivity contribution is 6.42. The summed E-state index contributed by atoms with van der Waals surface area (Å²) in [5, 5.41) is 0.774. The minimum atomic E-state index is -0.209. The van der Waals surface area contributed by atoms with Gasteiger partial charge in [0.1, 0.15) is 6.54 Å². The van der Waals surface area contributed by atoms with Gasteiger partial charge < -0.3 is 9.80 Å². The van der Waals surface area contributed by atoms with Gasteiger partial charge in [0.05, 0.1) is 10.0 Å². The Morgan fingerprint density at radius 2 is 1.64 bits per heavy atom. The lowest BCUT2D eigenvalue weighted by Gasteiger charge is -2.26. The minimum absolute atomic E-state index is 0.00724. The third-order valence-corrected chi connectivity index (χ3v) is 3.97. The zero-order valence-electron chi connectivity index (χ0n) is 13.2. The van der Waals surface area contributed by atoms with Gasteiger partial charge in [-0.15, -0.1) is 0 Å². The molecule has 0 aliphatic rings.